The Bertz CT molecular complexity index is 633. The van der Waals surface area contributed by atoms with Gasteiger partial charge in [-0.25, -0.2) is 0 Å². The van der Waals surface area contributed by atoms with E-state index in [1.807, 2.05) is 6.07 Å². The Hall–Kier alpha value is -1.57. The fraction of sp³-hybridized carbons (Fsp3) is 0.591. The van der Waals surface area contributed by atoms with Crippen LogP contribution in [0.1, 0.15) is 52.0 Å². The lowest BCUT2D eigenvalue weighted by atomic mass is 9.53. The average Bonchev–Trinajstić information content (AvgIpc) is 2.91. The quantitative estimate of drug-likeness (QED) is 0.563. The highest BCUT2D eigenvalue weighted by Gasteiger charge is 2.60. The standard InChI is InChI=1S/C22H30O2/c1-6-22(21(23)24-5)18(17-10-8-7-9-11-17)13-15(3)19-14(2)12-16(4)20(19)22/h7-11,13-14,16,18-20H,6,12H2,1-5H3/t14-,16-,18-,19-,20+,22+/m1/s1. The van der Waals surface area contributed by atoms with Gasteiger partial charge in [0.2, 0.25) is 0 Å². The lowest BCUT2D eigenvalue weighted by molar-refractivity contribution is -0.161. The first-order valence-electron chi connectivity index (χ1n) is 9.29. The zero-order chi connectivity index (χ0) is 17.5. The van der Waals surface area contributed by atoms with E-state index < -0.39 is 5.41 Å². The Morgan fingerprint density at radius 3 is 2.46 bits per heavy atom. The maximum absolute atomic E-state index is 13.2. The molecule has 1 fully saturated rings. The molecule has 24 heavy (non-hydrogen) atoms. The highest BCUT2D eigenvalue weighted by atomic mass is 16.5. The van der Waals surface area contributed by atoms with Gasteiger partial charge < -0.3 is 4.74 Å². The SMILES string of the molecule is CC[C@@]1(C(=O)OC)[C@@H]2[C@@H](C(C)=C[C@@H]1c1ccccc1)[C@H](C)C[C@H]2C. The van der Waals surface area contributed by atoms with Crippen LogP contribution < -0.4 is 0 Å². The average molecular weight is 326 g/mol. The van der Waals surface area contributed by atoms with E-state index in [0.717, 1.165) is 6.42 Å². The van der Waals surface area contributed by atoms with Crippen LogP contribution in [0, 0.1) is 29.1 Å². The van der Waals surface area contributed by atoms with Crippen molar-refractivity contribution in [2.24, 2.45) is 29.1 Å². The van der Waals surface area contributed by atoms with Crippen molar-refractivity contribution in [2.45, 2.75) is 46.5 Å². The van der Waals surface area contributed by atoms with Crippen molar-refractivity contribution in [1.29, 1.82) is 0 Å². The van der Waals surface area contributed by atoms with Crippen molar-refractivity contribution in [3.8, 4) is 0 Å². The van der Waals surface area contributed by atoms with Gasteiger partial charge in [0, 0.05) is 5.92 Å². The fourth-order valence-electron chi connectivity index (χ4n) is 5.98. The van der Waals surface area contributed by atoms with Gasteiger partial charge in [0.25, 0.3) is 0 Å². The molecule has 0 bridgehead atoms. The zero-order valence-corrected chi connectivity index (χ0v) is 15.6. The molecule has 0 aromatic heterocycles. The minimum Gasteiger partial charge on any atom is -0.469 e. The summed E-state index contributed by atoms with van der Waals surface area (Å²) >= 11 is 0. The highest BCUT2D eigenvalue weighted by molar-refractivity contribution is 5.80. The monoisotopic (exact) mass is 326 g/mol. The lowest BCUT2D eigenvalue weighted by Crippen LogP contribution is -2.50. The Labute approximate surface area is 146 Å². The molecule has 0 amide bonds. The molecule has 2 aliphatic rings. The van der Waals surface area contributed by atoms with Crippen LogP contribution in [0.3, 0.4) is 0 Å². The molecule has 0 N–H and O–H groups in total. The van der Waals surface area contributed by atoms with E-state index >= 15 is 0 Å². The maximum atomic E-state index is 13.2. The third-order valence-electron chi connectivity index (χ3n) is 6.77. The first kappa shape index (κ1) is 17.3. The minimum atomic E-state index is -0.454. The van der Waals surface area contributed by atoms with Crippen LogP contribution in [0.5, 0.6) is 0 Å². The number of benzene rings is 1. The van der Waals surface area contributed by atoms with E-state index in [4.69, 9.17) is 4.74 Å². The molecule has 1 saturated carbocycles. The molecular weight excluding hydrogens is 296 g/mol. The Balaban J connectivity index is 2.23. The van der Waals surface area contributed by atoms with E-state index in [9.17, 15) is 4.79 Å². The number of carbonyl (C=O) groups excluding carboxylic acids is 1. The summed E-state index contributed by atoms with van der Waals surface area (Å²) in [6.07, 6.45) is 4.38. The summed E-state index contributed by atoms with van der Waals surface area (Å²) in [4.78, 5) is 13.2. The number of esters is 1. The van der Waals surface area contributed by atoms with Gasteiger partial charge in [0.05, 0.1) is 12.5 Å². The predicted molar refractivity (Wildman–Crippen MR) is 97.6 cm³/mol. The molecule has 0 spiro atoms. The summed E-state index contributed by atoms with van der Waals surface area (Å²) in [5.41, 5.74) is 2.23. The third kappa shape index (κ3) is 2.34. The number of fused-ring (bicyclic) bond motifs is 1. The Morgan fingerprint density at radius 1 is 1.21 bits per heavy atom. The number of methoxy groups -OCH3 is 1. The van der Waals surface area contributed by atoms with Crippen molar-refractivity contribution in [1.82, 2.24) is 0 Å². The molecule has 130 valence electrons. The zero-order valence-electron chi connectivity index (χ0n) is 15.6. The summed E-state index contributed by atoms with van der Waals surface area (Å²) in [6, 6.07) is 10.5. The third-order valence-corrected chi connectivity index (χ3v) is 6.77. The number of allylic oxidation sites excluding steroid dienone is 2. The van der Waals surface area contributed by atoms with Crippen LogP contribution in [-0.2, 0) is 9.53 Å². The molecule has 1 aromatic rings. The lowest BCUT2D eigenvalue weighted by Gasteiger charge is -2.49. The molecule has 2 nitrogen and oxygen atoms in total. The molecule has 0 radical (unpaired) electrons. The molecule has 6 atom stereocenters. The maximum Gasteiger partial charge on any atom is 0.313 e. The second-order valence-electron chi connectivity index (χ2n) is 7.93. The number of carbonyl (C=O) groups is 1. The van der Waals surface area contributed by atoms with Gasteiger partial charge in [-0.3, -0.25) is 4.79 Å². The highest BCUT2D eigenvalue weighted by Crippen LogP contribution is 2.62. The molecule has 0 saturated heterocycles. The van der Waals surface area contributed by atoms with Crippen molar-refractivity contribution in [2.75, 3.05) is 7.11 Å². The van der Waals surface area contributed by atoms with Gasteiger partial charge in [-0.05, 0) is 49.0 Å². The molecule has 3 rings (SSSR count). The fourth-order valence-corrected chi connectivity index (χ4v) is 5.98. The van der Waals surface area contributed by atoms with Crippen molar-refractivity contribution in [3.63, 3.8) is 0 Å². The van der Waals surface area contributed by atoms with Gasteiger partial charge in [-0.1, -0.05) is 62.8 Å². The number of hydrogen-bond donors (Lipinski definition) is 0. The van der Waals surface area contributed by atoms with E-state index in [1.165, 1.54) is 17.6 Å². The first-order valence-corrected chi connectivity index (χ1v) is 9.29. The molecule has 2 aliphatic carbocycles. The molecule has 1 aromatic carbocycles. The van der Waals surface area contributed by atoms with Crippen LogP contribution in [0.15, 0.2) is 42.0 Å². The Morgan fingerprint density at radius 2 is 1.88 bits per heavy atom. The second kappa shape index (κ2) is 6.38. The van der Waals surface area contributed by atoms with Crippen LogP contribution >= 0.6 is 0 Å². The number of ether oxygens (including phenoxy) is 1. The van der Waals surface area contributed by atoms with Crippen LogP contribution in [-0.4, -0.2) is 13.1 Å². The van der Waals surface area contributed by atoms with Crippen LogP contribution in [0.2, 0.25) is 0 Å². The Kier molecular flexibility index (Phi) is 4.59. The topological polar surface area (TPSA) is 26.3 Å². The van der Waals surface area contributed by atoms with Gasteiger partial charge >= 0.3 is 5.97 Å². The number of hydrogen-bond acceptors (Lipinski definition) is 2. The van der Waals surface area contributed by atoms with Gasteiger partial charge in [0.15, 0.2) is 0 Å². The summed E-state index contributed by atoms with van der Waals surface area (Å²) in [5, 5.41) is 0. The minimum absolute atomic E-state index is 0.0291. The van der Waals surface area contributed by atoms with E-state index in [2.05, 4.69) is 58.0 Å². The van der Waals surface area contributed by atoms with E-state index in [0.29, 0.717) is 23.7 Å². The predicted octanol–water partition coefficient (Wildman–Crippen LogP) is 5.21. The molecule has 0 heterocycles. The molecule has 0 aliphatic heterocycles. The van der Waals surface area contributed by atoms with Gasteiger partial charge in [0.1, 0.15) is 0 Å². The van der Waals surface area contributed by atoms with Crippen molar-refractivity contribution in [3.05, 3.63) is 47.5 Å². The van der Waals surface area contributed by atoms with Crippen LogP contribution in [0.25, 0.3) is 0 Å². The largest absolute Gasteiger partial charge is 0.469 e. The smallest absolute Gasteiger partial charge is 0.313 e. The second-order valence-corrected chi connectivity index (χ2v) is 7.93. The molecule has 2 heteroatoms. The van der Waals surface area contributed by atoms with Gasteiger partial charge in [-0.2, -0.15) is 0 Å². The molecule has 0 unspecified atom stereocenters. The van der Waals surface area contributed by atoms with E-state index in [-0.39, 0.29) is 11.9 Å². The first-order chi connectivity index (χ1) is 11.5. The summed E-state index contributed by atoms with van der Waals surface area (Å²) < 4.78 is 5.39. The van der Waals surface area contributed by atoms with Gasteiger partial charge in [-0.15, -0.1) is 0 Å². The summed E-state index contributed by atoms with van der Waals surface area (Å²) in [7, 11) is 1.55. The molecular formula is C22H30O2. The van der Waals surface area contributed by atoms with Crippen molar-refractivity contribution < 1.29 is 9.53 Å². The number of rotatable bonds is 3. The normalized spacial score (nSPS) is 38.4. The van der Waals surface area contributed by atoms with Crippen molar-refractivity contribution >= 4 is 5.97 Å². The van der Waals surface area contributed by atoms with Crippen LogP contribution in [0.4, 0.5) is 0 Å². The van der Waals surface area contributed by atoms with E-state index in [1.54, 1.807) is 7.11 Å². The summed E-state index contributed by atoms with van der Waals surface area (Å²) in [6.45, 7) is 9.10. The summed E-state index contributed by atoms with van der Waals surface area (Å²) in [5.74, 6) is 2.11.